The summed E-state index contributed by atoms with van der Waals surface area (Å²) in [5.41, 5.74) is 4.31. The molecule has 0 N–H and O–H groups in total. The maximum absolute atomic E-state index is 4.32. The van der Waals surface area contributed by atoms with Crippen molar-refractivity contribution in [2.45, 2.75) is 39.0 Å². The van der Waals surface area contributed by atoms with Crippen molar-refractivity contribution in [2.75, 3.05) is 0 Å². The number of pyridine rings is 1. The monoisotopic (exact) mass is 187 g/mol. The predicted octanol–water partition coefficient (Wildman–Crippen LogP) is 3.38. The van der Waals surface area contributed by atoms with E-state index in [1.54, 1.807) is 0 Å². The number of allylic oxidation sites excluding steroid dienone is 1. The van der Waals surface area contributed by atoms with Gasteiger partial charge < -0.3 is 0 Å². The second kappa shape index (κ2) is 4.41. The summed E-state index contributed by atoms with van der Waals surface area (Å²) in [5.74, 6) is 0. The molecular weight excluding hydrogens is 170 g/mol. The van der Waals surface area contributed by atoms with E-state index in [1.807, 2.05) is 12.4 Å². The number of hydrogen-bond acceptors (Lipinski definition) is 1. The van der Waals surface area contributed by atoms with Gasteiger partial charge in [-0.15, -0.1) is 0 Å². The fourth-order valence-electron chi connectivity index (χ4n) is 1.98. The summed E-state index contributed by atoms with van der Waals surface area (Å²) >= 11 is 0. The normalized spacial score (nSPS) is 14.1. The third-order valence-corrected chi connectivity index (χ3v) is 2.82. The Morgan fingerprint density at radius 1 is 1.36 bits per heavy atom. The van der Waals surface area contributed by atoms with Crippen molar-refractivity contribution in [3.8, 4) is 0 Å². The van der Waals surface area contributed by atoms with Gasteiger partial charge in [-0.25, -0.2) is 0 Å². The van der Waals surface area contributed by atoms with Crippen LogP contribution in [0.5, 0.6) is 0 Å². The van der Waals surface area contributed by atoms with Gasteiger partial charge in [-0.1, -0.05) is 25.5 Å². The Balaban J connectivity index is 2.28. The first kappa shape index (κ1) is 9.45. The van der Waals surface area contributed by atoms with Crippen LogP contribution < -0.4 is 0 Å². The molecule has 1 heterocycles. The SMILES string of the molecule is CCCCc1cncc2c1C=CCC2. The molecule has 0 unspecified atom stereocenters. The highest BCUT2D eigenvalue weighted by Crippen LogP contribution is 2.22. The van der Waals surface area contributed by atoms with Crippen LogP contribution in [-0.2, 0) is 12.8 Å². The summed E-state index contributed by atoms with van der Waals surface area (Å²) in [6, 6.07) is 0. The summed E-state index contributed by atoms with van der Waals surface area (Å²) in [7, 11) is 0. The average Bonchev–Trinajstić information content (AvgIpc) is 2.26. The van der Waals surface area contributed by atoms with Gasteiger partial charge in [0.25, 0.3) is 0 Å². The molecule has 2 rings (SSSR count). The zero-order valence-electron chi connectivity index (χ0n) is 8.79. The summed E-state index contributed by atoms with van der Waals surface area (Å²) in [6.45, 7) is 2.23. The second-order valence-electron chi connectivity index (χ2n) is 3.92. The van der Waals surface area contributed by atoms with E-state index < -0.39 is 0 Å². The molecule has 74 valence electrons. The third-order valence-electron chi connectivity index (χ3n) is 2.82. The van der Waals surface area contributed by atoms with Crippen molar-refractivity contribution in [3.63, 3.8) is 0 Å². The number of nitrogens with zero attached hydrogens (tertiary/aromatic N) is 1. The Morgan fingerprint density at radius 3 is 3.14 bits per heavy atom. The van der Waals surface area contributed by atoms with Crippen LogP contribution in [0, 0.1) is 0 Å². The highest BCUT2D eigenvalue weighted by atomic mass is 14.6. The Bertz CT molecular complexity index is 339. The van der Waals surface area contributed by atoms with E-state index in [-0.39, 0.29) is 0 Å². The van der Waals surface area contributed by atoms with Gasteiger partial charge >= 0.3 is 0 Å². The molecule has 0 saturated heterocycles. The van der Waals surface area contributed by atoms with E-state index in [0.717, 1.165) is 0 Å². The van der Waals surface area contributed by atoms with Gasteiger partial charge in [0, 0.05) is 12.4 Å². The van der Waals surface area contributed by atoms with Crippen LogP contribution in [-0.4, -0.2) is 4.98 Å². The number of rotatable bonds is 3. The maximum atomic E-state index is 4.32. The molecule has 14 heavy (non-hydrogen) atoms. The first-order chi connectivity index (χ1) is 6.92. The number of unbranched alkanes of at least 4 members (excludes halogenated alkanes) is 1. The number of aryl methyl sites for hydroxylation is 2. The molecule has 0 bridgehead atoms. The van der Waals surface area contributed by atoms with Crippen molar-refractivity contribution in [1.29, 1.82) is 0 Å². The van der Waals surface area contributed by atoms with E-state index in [2.05, 4.69) is 24.1 Å². The van der Waals surface area contributed by atoms with Crippen molar-refractivity contribution in [2.24, 2.45) is 0 Å². The van der Waals surface area contributed by atoms with Crippen LogP contribution >= 0.6 is 0 Å². The topological polar surface area (TPSA) is 12.9 Å². The van der Waals surface area contributed by atoms with Crippen LogP contribution in [0.4, 0.5) is 0 Å². The lowest BCUT2D eigenvalue weighted by Crippen LogP contribution is -2.00. The molecule has 0 fully saturated rings. The number of hydrogen-bond donors (Lipinski definition) is 0. The molecule has 0 radical (unpaired) electrons. The first-order valence-corrected chi connectivity index (χ1v) is 5.54. The third kappa shape index (κ3) is 1.87. The number of fused-ring (bicyclic) bond motifs is 1. The predicted molar refractivity (Wildman–Crippen MR) is 60.2 cm³/mol. The Kier molecular flexibility index (Phi) is 2.97. The van der Waals surface area contributed by atoms with Crippen molar-refractivity contribution < 1.29 is 0 Å². The molecule has 1 heteroatoms. The van der Waals surface area contributed by atoms with Gasteiger partial charge in [-0.3, -0.25) is 4.98 Å². The smallest absolute Gasteiger partial charge is 0.0306 e. The molecule has 0 spiro atoms. The van der Waals surface area contributed by atoms with Crippen LogP contribution in [0.15, 0.2) is 18.5 Å². The van der Waals surface area contributed by atoms with E-state index in [0.29, 0.717) is 0 Å². The Hall–Kier alpha value is -1.11. The Morgan fingerprint density at radius 2 is 2.29 bits per heavy atom. The molecular formula is C13H17N. The molecule has 0 aliphatic heterocycles. The van der Waals surface area contributed by atoms with Gasteiger partial charge in [-0.05, 0) is 42.4 Å². The fraction of sp³-hybridized carbons (Fsp3) is 0.462. The minimum Gasteiger partial charge on any atom is -0.264 e. The quantitative estimate of drug-likeness (QED) is 0.707. The molecule has 0 saturated carbocycles. The lowest BCUT2D eigenvalue weighted by atomic mass is 9.94. The molecule has 1 aromatic rings. The molecule has 1 aromatic heterocycles. The van der Waals surface area contributed by atoms with Gasteiger partial charge in [-0.2, -0.15) is 0 Å². The molecule has 0 atom stereocenters. The van der Waals surface area contributed by atoms with Crippen LogP contribution in [0.2, 0.25) is 0 Å². The first-order valence-electron chi connectivity index (χ1n) is 5.54. The van der Waals surface area contributed by atoms with Gasteiger partial charge in [0.15, 0.2) is 0 Å². The minimum atomic E-state index is 1.17. The summed E-state index contributed by atoms with van der Waals surface area (Å²) < 4.78 is 0. The molecule has 0 amide bonds. The summed E-state index contributed by atoms with van der Waals surface area (Å²) in [4.78, 5) is 4.32. The molecule has 1 aliphatic carbocycles. The lowest BCUT2D eigenvalue weighted by molar-refractivity contribution is 0.787. The van der Waals surface area contributed by atoms with Gasteiger partial charge in [0.1, 0.15) is 0 Å². The summed E-state index contributed by atoms with van der Waals surface area (Å²) in [6.07, 6.45) is 14.6. The maximum Gasteiger partial charge on any atom is 0.0306 e. The van der Waals surface area contributed by atoms with E-state index in [4.69, 9.17) is 0 Å². The lowest BCUT2D eigenvalue weighted by Gasteiger charge is -2.13. The van der Waals surface area contributed by atoms with E-state index >= 15 is 0 Å². The highest BCUT2D eigenvalue weighted by Gasteiger charge is 2.08. The molecule has 1 nitrogen and oxygen atoms in total. The molecule has 0 aromatic carbocycles. The average molecular weight is 187 g/mol. The second-order valence-corrected chi connectivity index (χ2v) is 3.92. The Labute approximate surface area is 85.9 Å². The zero-order valence-corrected chi connectivity index (χ0v) is 8.79. The number of aromatic nitrogens is 1. The van der Waals surface area contributed by atoms with Crippen molar-refractivity contribution in [1.82, 2.24) is 4.98 Å². The standard InChI is InChI=1S/C13H17N/c1-2-3-6-11-9-14-10-12-7-4-5-8-13(11)12/h5,8-10H,2-4,6-7H2,1H3. The van der Waals surface area contributed by atoms with E-state index in [1.165, 1.54) is 48.8 Å². The largest absolute Gasteiger partial charge is 0.264 e. The molecule has 1 aliphatic rings. The van der Waals surface area contributed by atoms with Crippen LogP contribution in [0.1, 0.15) is 42.9 Å². The summed E-state index contributed by atoms with van der Waals surface area (Å²) in [5, 5.41) is 0. The van der Waals surface area contributed by atoms with Crippen molar-refractivity contribution in [3.05, 3.63) is 35.2 Å². The van der Waals surface area contributed by atoms with Crippen molar-refractivity contribution >= 4 is 6.08 Å². The fourth-order valence-corrected chi connectivity index (χ4v) is 1.98. The van der Waals surface area contributed by atoms with Gasteiger partial charge in [0.2, 0.25) is 0 Å². The zero-order chi connectivity index (χ0) is 9.80. The van der Waals surface area contributed by atoms with Crippen LogP contribution in [0.25, 0.3) is 6.08 Å². The van der Waals surface area contributed by atoms with E-state index in [9.17, 15) is 0 Å². The highest BCUT2D eigenvalue weighted by molar-refractivity contribution is 5.59. The minimum absolute atomic E-state index is 1.17. The van der Waals surface area contributed by atoms with Gasteiger partial charge in [0.05, 0.1) is 0 Å². The van der Waals surface area contributed by atoms with Crippen LogP contribution in [0.3, 0.4) is 0 Å².